The molecule has 1 N–H and O–H groups in total. The van der Waals surface area contributed by atoms with Crippen molar-refractivity contribution in [1.29, 1.82) is 0 Å². The van der Waals surface area contributed by atoms with Crippen LogP contribution in [0.15, 0.2) is 47.9 Å². The first-order valence-corrected chi connectivity index (χ1v) is 7.69. The summed E-state index contributed by atoms with van der Waals surface area (Å²) >= 11 is 1.64. The summed E-state index contributed by atoms with van der Waals surface area (Å²) in [4.78, 5) is 8.71. The van der Waals surface area contributed by atoms with Crippen LogP contribution in [0.2, 0.25) is 0 Å². The second-order valence-corrected chi connectivity index (χ2v) is 6.18. The van der Waals surface area contributed by atoms with Gasteiger partial charge >= 0.3 is 0 Å². The average Bonchev–Trinajstić information content (AvgIpc) is 2.93. The van der Waals surface area contributed by atoms with Crippen molar-refractivity contribution in [2.45, 2.75) is 23.6 Å². The standard InChI is InChI=1S/C15H16N4OS/c1-11(7-8-20)21-15-13-9-18-19(14(13)16-10-17-15)12-5-3-2-4-6-12/h2-6,9-11,20H,7-8H2,1H3. The number of rotatable bonds is 5. The number of aliphatic hydroxyl groups is 1. The molecule has 0 fully saturated rings. The topological polar surface area (TPSA) is 63.8 Å². The van der Waals surface area contributed by atoms with Crippen molar-refractivity contribution in [2.75, 3.05) is 6.61 Å². The second kappa shape index (κ2) is 6.24. The van der Waals surface area contributed by atoms with Crippen LogP contribution in [0.5, 0.6) is 0 Å². The zero-order valence-corrected chi connectivity index (χ0v) is 12.5. The molecule has 0 saturated heterocycles. The van der Waals surface area contributed by atoms with Crippen molar-refractivity contribution in [2.24, 2.45) is 0 Å². The van der Waals surface area contributed by atoms with Gasteiger partial charge in [-0.1, -0.05) is 25.1 Å². The van der Waals surface area contributed by atoms with Crippen molar-refractivity contribution >= 4 is 22.8 Å². The first kappa shape index (κ1) is 14.0. The molecule has 108 valence electrons. The van der Waals surface area contributed by atoms with Crippen molar-refractivity contribution in [3.8, 4) is 5.69 Å². The van der Waals surface area contributed by atoms with Crippen LogP contribution >= 0.6 is 11.8 Å². The fourth-order valence-electron chi connectivity index (χ4n) is 2.11. The Morgan fingerprint density at radius 2 is 2.05 bits per heavy atom. The maximum absolute atomic E-state index is 9.02. The largest absolute Gasteiger partial charge is 0.396 e. The van der Waals surface area contributed by atoms with Gasteiger partial charge in [0.05, 0.1) is 17.3 Å². The quantitative estimate of drug-likeness (QED) is 0.580. The first-order valence-electron chi connectivity index (χ1n) is 6.81. The highest BCUT2D eigenvalue weighted by Crippen LogP contribution is 2.29. The van der Waals surface area contributed by atoms with Gasteiger partial charge in [0, 0.05) is 11.9 Å². The van der Waals surface area contributed by atoms with Crippen LogP contribution in [0.25, 0.3) is 16.7 Å². The summed E-state index contributed by atoms with van der Waals surface area (Å²) in [6, 6.07) is 9.92. The van der Waals surface area contributed by atoms with Gasteiger partial charge in [-0.2, -0.15) is 5.10 Å². The third-order valence-corrected chi connectivity index (χ3v) is 4.37. The Balaban J connectivity index is 2.00. The summed E-state index contributed by atoms with van der Waals surface area (Å²) in [5.41, 5.74) is 1.78. The molecule has 0 aliphatic heterocycles. The second-order valence-electron chi connectivity index (χ2n) is 4.75. The molecule has 0 aliphatic carbocycles. The van der Waals surface area contributed by atoms with E-state index < -0.39 is 0 Å². The lowest BCUT2D eigenvalue weighted by atomic mass is 10.3. The van der Waals surface area contributed by atoms with Crippen LogP contribution in [0.1, 0.15) is 13.3 Å². The molecule has 1 unspecified atom stereocenters. The lowest BCUT2D eigenvalue weighted by molar-refractivity contribution is 0.289. The number of benzene rings is 1. The van der Waals surface area contributed by atoms with Gasteiger partial charge in [0.2, 0.25) is 0 Å². The van der Waals surface area contributed by atoms with Crippen molar-refractivity contribution in [3.63, 3.8) is 0 Å². The molecule has 5 nitrogen and oxygen atoms in total. The van der Waals surface area contributed by atoms with Crippen LogP contribution in [-0.4, -0.2) is 36.7 Å². The van der Waals surface area contributed by atoms with E-state index in [1.54, 1.807) is 24.3 Å². The minimum atomic E-state index is 0.186. The van der Waals surface area contributed by atoms with Crippen LogP contribution < -0.4 is 0 Å². The van der Waals surface area contributed by atoms with E-state index in [4.69, 9.17) is 5.11 Å². The van der Waals surface area contributed by atoms with E-state index in [1.165, 1.54) is 0 Å². The Morgan fingerprint density at radius 1 is 1.24 bits per heavy atom. The summed E-state index contributed by atoms with van der Waals surface area (Å²) < 4.78 is 1.82. The lowest BCUT2D eigenvalue weighted by Gasteiger charge is -2.09. The first-order chi connectivity index (χ1) is 10.3. The van der Waals surface area contributed by atoms with Crippen LogP contribution in [0.3, 0.4) is 0 Å². The van der Waals surface area contributed by atoms with Gasteiger partial charge in [0.1, 0.15) is 11.4 Å². The molecule has 0 saturated carbocycles. The Morgan fingerprint density at radius 3 is 2.81 bits per heavy atom. The average molecular weight is 300 g/mol. The number of hydrogen-bond donors (Lipinski definition) is 1. The van der Waals surface area contributed by atoms with Gasteiger partial charge in [-0.05, 0) is 18.6 Å². The van der Waals surface area contributed by atoms with Crippen molar-refractivity contribution < 1.29 is 5.11 Å². The third-order valence-electron chi connectivity index (χ3n) is 3.18. The van der Waals surface area contributed by atoms with Gasteiger partial charge in [0.15, 0.2) is 5.65 Å². The summed E-state index contributed by atoms with van der Waals surface area (Å²) in [7, 11) is 0. The summed E-state index contributed by atoms with van der Waals surface area (Å²) in [5, 5.41) is 15.6. The van der Waals surface area contributed by atoms with Crippen molar-refractivity contribution in [3.05, 3.63) is 42.9 Å². The van der Waals surface area contributed by atoms with Gasteiger partial charge in [0.25, 0.3) is 0 Å². The fourth-order valence-corrected chi connectivity index (χ4v) is 3.09. The maximum Gasteiger partial charge on any atom is 0.167 e. The number of aliphatic hydroxyl groups excluding tert-OH is 1. The fraction of sp³-hybridized carbons (Fsp3) is 0.267. The number of fused-ring (bicyclic) bond motifs is 1. The molecular weight excluding hydrogens is 284 g/mol. The Labute approximate surface area is 127 Å². The number of thioether (sulfide) groups is 1. The zero-order valence-electron chi connectivity index (χ0n) is 11.7. The van der Waals surface area contributed by atoms with Crippen molar-refractivity contribution in [1.82, 2.24) is 19.7 Å². The Bertz CT molecular complexity index is 729. The molecule has 0 bridgehead atoms. The highest BCUT2D eigenvalue weighted by molar-refractivity contribution is 8.00. The third kappa shape index (κ3) is 2.91. The molecule has 3 aromatic rings. The molecule has 0 radical (unpaired) electrons. The van der Waals surface area contributed by atoms with E-state index >= 15 is 0 Å². The number of nitrogens with zero attached hydrogens (tertiary/aromatic N) is 4. The Kier molecular flexibility index (Phi) is 4.17. The van der Waals surface area contributed by atoms with Crippen LogP contribution in [0.4, 0.5) is 0 Å². The Hall–Kier alpha value is -1.92. The molecule has 1 aromatic carbocycles. The minimum absolute atomic E-state index is 0.186. The molecule has 2 aromatic heterocycles. The molecule has 0 spiro atoms. The predicted molar refractivity (Wildman–Crippen MR) is 83.7 cm³/mol. The zero-order chi connectivity index (χ0) is 14.7. The molecule has 0 aliphatic rings. The van der Waals surface area contributed by atoms with E-state index in [2.05, 4.69) is 22.0 Å². The van der Waals surface area contributed by atoms with Gasteiger partial charge in [-0.3, -0.25) is 0 Å². The van der Waals surface area contributed by atoms with Crippen LogP contribution in [0, 0.1) is 0 Å². The highest BCUT2D eigenvalue weighted by atomic mass is 32.2. The van der Waals surface area contributed by atoms with E-state index in [0.29, 0.717) is 5.25 Å². The van der Waals surface area contributed by atoms with E-state index in [0.717, 1.165) is 28.2 Å². The van der Waals surface area contributed by atoms with Gasteiger partial charge in [-0.25, -0.2) is 14.6 Å². The SMILES string of the molecule is CC(CCO)Sc1ncnc2c1cnn2-c1ccccc1. The van der Waals surface area contributed by atoms with E-state index in [9.17, 15) is 0 Å². The molecule has 0 amide bonds. The molecule has 21 heavy (non-hydrogen) atoms. The van der Waals surface area contributed by atoms with Gasteiger partial charge in [-0.15, -0.1) is 11.8 Å². The molecule has 3 rings (SSSR count). The number of para-hydroxylation sites is 1. The van der Waals surface area contributed by atoms with Crippen LogP contribution in [-0.2, 0) is 0 Å². The highest BCUT2D eigenvalue weighted by Gasteiger charge is 2.13. The molecule has 1 atom stereocenters. The van der Waals surface area contributed by atoms with Gasteiger partial charge < -0.3 is 5.11 Å². The van der Waals surface area contributed by atoms with E-state index in [-0.39, 0.29) is 6.61 Å². The number of hydrogen-bond acceptors (Lipinski definition) is 5. The summed E-state index contributed by atoms with van der Waals surface area (Å²) in [6.45, 7) is 2.27. The molecule has 2 heterocycles. The molecule has 6 heteroatoms. The number of aromatic nitrogens is 4. The summed E-state index contributed by atoms with van der Waals surface area (Å²) in [6.07, 6.45) is 4.11. The lowest BCUT2D eigenvalue weighted by Crippen LogP contribution is -2.01. The smallest absolute Gasteiger partial charge is 0.167 e. The minimum Gasteiger partial charge on any atom is -0.396 e. The van der Waals surface area contributed by atoms with E-state index in [1.807, 2.05) is 35.0 Å². The molecular formula is C15H16N4OS. The normalized spacial score (nSPS) is 12.7. The predicted octanol–water partition coefficient (Wildman–Crippen LogP) is 2.68. The maximum atomic E-state index is 9.02. The summed E-state index contributed by atoms with van der Waals surface area (Å²) in [5.74, 6) is 0. The monoisotopic (exact) mass is 300 g/mol.